The molecule has 3 rings (SSSR count). The van der Waals surface area contributed by atoms with Crippen molar-refractivity contribution in [2.45, 2.75) is 51.6 Å². The molecule has 2 aromatic rings. The van der Waals surface area contributed by atoms with E-state index in [2.05, 4.69) is 25.1 Å². The molecule has 0 amide bonds. The number of methoxy groups -OCH3 is 1. The van der Waals surface area contributed by atoms with Gasteiger partial charge in [0.1, 0.15) is 17.9 Å². The van der Waals surface area contributed by atoms with Crippen LogP contribution < -0.4 is 5.56 Å². The van der Waals surface area contributed by atoms with Gasteiger partial charge in [-0.2, -0.15) is 5.10 Å². The van der Waals surface area contributed by atoms with Crippen LogP contribution in [-0.2, 0) is 17.8 Å². The molecule has 1 aliphatic heterocycles. The van der Waals surface area contributed by atoms with Crippen molar-refractivity contribution >= 4 is 11.0 Å². The van der Waals surface area contributed by atoms with E-state index in [9.17, 15) is 4.79 Å². The second kappa shape index (κ2) is 8.39. The van der Waals surface area contributed by atoms with Gasteiger partial charge in [-0.05, 0) is 51.7 Å². The molecule has 7 nitrogen and oxygen atoms in total. The van der Waals surface area contributed by atoms with E-state index in [0.29, 0.717) is 23.5 Å². The van der Waals surface area contributed by atoms with E-state index >= 15 is 0 Å². The van der Waals surface area contributed by atoms with Crippen LogP contribution in [0, 0.1) is 0 Å². The summed E-state index contributed by atoms with van der Waals surface area (Å²) in [6.07, 6.45) is 8.43. The second-order valence-electron chi connectivity index (χ2n) is 6.56. The zero-order valence-corrected chi connectivity index (χ0v) is 14.4. The predicted octanol–water partition coefficient (Wildman–Crippen LogP) is 1.99. The molecule has 0 atom stereocenters. The Morgan fingerprint density at radius 1 is 1.12 bits per heavy atom. The third-order valence-electron chi connectivity index (χ3n) is 4.66. The maximum atomic E-state index is 12.0. The van der Waals surface area contributed by atoms with Crippen LogP contribution >= 0.6 is 0 Å². The van der Waals surface area contributed by atoms with E-state index in [1.807, 2.05) is 0 Å². The number of unbranched alkanes of at least 4 members (excludes halogenated alkanes) is 3. The molecular weight excluding hydrogens is 306 g/mol. The van der Waals surface area contributed by atoms with Gasteiger partial charge in [-0.1, -0.05) is 12.8 Å². The lowest BCUT2D eigenvalue weighted by molar-refractivity contribution is 0.178. The number of aryl methyl sites for hydroxylation is 1. The Bertz CT molecular complexity index is 703. The largest absolute Gasteiger partial charge is 0.377 e. The minimum atomic E-state index is -0.208. The van der Waals surface area contributed by atoms with Crippen LogP contribution in [0.5, 0.6) is 0 Å². The molecule has 0 radical (unpaired) electrons. The molecule has 3 heterocycles. The number of ether oxygens (including phenoxy) is 1. The molecule has 24 heavy (non-hydrogen) atoms. The maximum absolute atomic E-state index is 12.0. The van der Waals surface area contributed by atoms with Crippen molar-refractivity contribution in [2.75, 3.05) is 26.7 Å². The molecule has 2 aromatic heterocycles. The first-order chi connectivity index (χ1) is 11.8. The van der Waals surface area contributed by atoms with Gasteiger partial charge in [0.25, 0.3) is 5.56 Å². The third-order valence-corrected chi connectivity index (χ3v) is 4.66. The van der Waals surface area contributed by atoms with E-state index in [1.54, 1.807) is 7.11 Å². The summed E-state index contributed by atoms with van der Waals surface area (Å²) in [6.45, 7) is 4.10. The number of nitrogens with zero attached hydrogens (tertiary/aromatic N) is 3. The molecule has 1 fully saturated rings. The summed E-state index contributed by atoms with van der Waals surface area (Å²) in [5.74, 6) is 0.545. The molecule has 2 N–H and O–H groups in total. The highest BCUT2D eigenvalue weighted by Crippen LogP contribution is 2.14. The number of hydrogen-bond donors (Lipinski definition) is 2. The lowest BCUT2D eigenvalue weighted by atomic mass is 10.1. The van der Waals surface area contributed by atoms with Gasteiger partial charge in [0.15, 0.2) is 5.52 Å². The van der Waals surface area contributed by atoms with Gasteiger partial charge >= 0.3 is 0 Å². The van der Waals surface area contributed by atoms with E-state index in [0.717, 1.165) is 18.5 Å². The van der Waals surface area contributed by atoms with E-state index in [-0.39, 0.29) is 5.56 Å². The van der Waals surface area contributed by atoms with Crippen molar-refractivity contribution in [3.8, 4) is 0 Å². The highest BCUT2D eigenvalue weighted by molar-refractivity contribution is 5.75. The molecule has 0 aromatic carbocycles. The zero-order valence-electron chi connectivity index (χ0n) is 14.4. The Kier molecular flexibility index (Phi) is 5.98. The molecule has 0 saturated carbocycles. The number of fused-ring (bicyclic) bond motifs is 1. The topological polar surface area (TPSA) is 86.9 Å². The lowest BCUT2D eigenvalue weighted by Crippen LogP contribution is -2.20. The standard InChI is InChI=1S/C17H27N5O2/c1-24-12-14-18-15-13(20-21-16(15)17(23)19-14)8-4-2-3-5-9-22-10-6-7-11-22/h2-12H2,1H3,(H,20,21)(H,18,19,23). The Morgan fingerprint density at radius 3 is 2.71 bits per heavy atom. The van der Waals surface area contributed by atoms with Gasteiger partial charge in [-0.25, -0.2) is 4.98 Å². The van der Waals surface area contributed by atoms with Crippen LogP contribution in [-0.4, -0.2) is 51.8 Å². The van der Waals surface area contributed by atoms with E-state index in [4.69, 9.17) is 4.74 Å². The highest BCUT2D eigenvalue weighted by atomic mass is 16.5. The second-order valence-corrected chi connectivity index (χ2v) is 6.56. The molecule has 0 spiro atoms. The Balaban J connectivity index is 1.48. The summed E-state index contributed by atoms with van der Waals surface area (Å²) < 4.78 is 5.05. The van der Waals surface area contributed by atoms with Crippen molar-refractivity contribution < 1.29 is 4.74 Å². The molecule has 0 unspecified atom stereocenters. The third kappa shape index (κ3) is 4.21. The highest BCUT2D eigenvalue weighted by Gasteiger charge is 2.12. The number of H-pyrrole nitrogens is 2. The maximum Gasteiger partial charge on any atom is 0.279 e. The molecule has 1 saturated heterocycles. The van der Waals surface area contributed by atoms with Crippen LogP contribution in [0.4, 0.5) is 0 Å². The first-order valence-corrected chi connectivity index (χ1v) is 8.95. The molecule has 0 bridgehead atoms. The zero-order chi connectivity index (χ0) is 16.8. The van der Waals surface area contributed by atoms with Crippen molar-refractivity contribution in [3.63, 3.8) is 0 Å². The van der Waals surface area contributed by atoms with Gasteiger partial charge in [0.05, 0.1) is 5.69 Å². The summed E-state index contributed by atoms with van der Waals surface area (Å²) in [5.41, 5.74) is 1.81. The van der Waals surface area contributed by atoms with Crippen LogP contribution in [0.1, 0.15) is 50.0 Å². The number of rotatable bonds is 9. The van der Waals surface area contributed by atoms with E-state index in [1.165, 1.54) is 51.7 Å². The van der Waals surface area contributed by atoms with Gasteiger partial charge in [-0.3, -0.25) is 9.89 Å². The Hall–Kier alpha value is -1.73. The summed E-state index contributed by atoms with van der Waals surface area (Å²) >= 11 is 0. The monoisotopic (exact) mass is 333 g/mol. The number of hydrogen-bond acceptors (Lipinski definition) is 5. The van der Waals surface area contributed by atoms with Crippen molar-refractivity contribution in [3.05, 3.63) is 21.9 Å². The smallest absolute Gasteiger partial charge is 0.279 e. The van der Waals surface area contributed by atoms with Crippen molar-refractivity contribution in [2.24, 2.45) is 0 Å². The van der Waals surface area contributed by atoms with Gasteiger partial charge < -0.3 is 14.6 Å². The van der Waals surface area contributed by atoms with Gasteiger partial charge in [-0.15, -0.1) is 0 Å². The van der Waals surface area contributed by atoms with Gasteiger partial charge in [0, 0.05) is 7.11 Å². The van der Waals surface area contributed by atoms with Gasteiger partial charge in [0.2, 0.25) is 0 Å². The quantitative estimate of drug-likeness (QED) is 0.685. The summed E-state index contributed by atoms with van der Waals surface area (Å²) in [7, 11) is 1.59. The number of nitrogens with one attached hydrogen (secondary N) is 2. The van der Waals surface area contributed by atoms with Crippen molar-refractivity contribution in [1.82, 2.24) is 25.1 Å². The van der Waals surface area contributed by atoms with Crippen LogP contribution in [0.2, 0.25) is 0 Å². The fraction of sp³-hybridized carbons (Fsp3) is 0.706. The summed E-state index contributed by atoms with van der Waals surface area (Å²) in [5, 5.41) is 7.09. The molecule has 132 valence electrons. The normalized spacial score (nSPS) is 15.5. The lowest BCUT2D eigenvalue weighted by Gasteiger charge is -2.13. The SMILES string of the molecule is COCc1nc2c(CCCCCCN3CCCC3)[nH]nc2c(=O)[nH]1. The molecule has 7 heteroatoms. The average molecular weight is 333 g/mol. The Labute approximate surface area is 141 Å². The summed E-state index contributed by atoms with van der Waals surface area (Å²) in [6, 6.07) is 0. The molecule has 0 aliphatic carbocycles. The Morgan fingerprint density at radius 2 is 1.92 bits per heavy atom. The molecule has 1 aliphatic rings. The minimum absolute atomic E-state index is 0.208. The fourth-order valence-electron chi connectivity index (χ4n) is 3.38. The van der Waals surface area contributed by atoms with Crippen LogP contribution in [0.15, 0.2) is 4.79 Å². The number of likely N-dealkylation sites (tertiary alicyclic amines) is 1. The fourth-order valence-corrected chi connectivity index (χ4v) is 3.38. The average Bonchev–Trinajstić information content (AvgIpc) is 3.21. The first-order valence-electron chi connectivity index (χ1n) is 8.95. The predicted molar refractivity (Wildman–Crippen MR) is 93.1 cm³/mol. The van der Waals surface area contributed by atoms with Crippen LogP contribution in [0.3, 0.4) is 0 Å². The molecular formula is C17H27N5O2. The van der Waals surface area contributed by atoms with E-state index < -0.39 is 0 Å². The number of aromatic nitrogens is 4. The first kappa shape index (κ1) is 17.1. The van der Waals surface area contributed by atoms with Crippen LogP contribution in [0.25, 0.3) is 11.0 Å². The number of aromatic amines is 2. The van der Waals surface area contributed by atoms with Crippen molar-refractivity contribution in [1.29, 1.82) is 0 Å². The minimum Gasteiger partial charge on any atom is -0.377 e. The summed E-state index contributed by atoms with van der Waals surface area (Å²) in [4.78, 5) is 21.7.